The van der Waals surface area contributed by atoms with Gasteiger partial charge in [0.15, 0.2) is 0 Å². The zero-order valence-corrected chi connectivity index (χ0v) is 12.4. The minimum atomic E-state index is 0.140. The third kappa shape index (κ3) is 2.88. The summed E-state index contributed by atoms with van der Waals surface area (Å²) in [4.78, 5) is 4.78. The molecule has 108 valence electrons. The molecule has 0 radical (unpaired) electrons. The van der Waals surface area contributed by atoms with Crippen molar-refractivity contribution in [3.8, 4) is 0 Å². The van der Waals surface area contributed by atoms with Crippen LogP contribution in [0.15, 0.2) is 29.3 Å². The molecule has 3 nitrogen and oxygen atoms in total. The molecule has 1 saturated carbocycles. The SMILES string of the molecule is Cc1ccc(CNC2=NCCNC23CCCCC3)cc1. The van der Waals surface area contributed by atoms with Gasteiger partial charge >= 0.3 is 0 Å². The number of nitrogens with zero attached hydrogens (tertiary/aromatic N) is 1. The molecule has 1 fully saturated rings. The van der Waals surface area contributed by atoms with Crippen LogP contribution in [0.1, 0.15) is 43.2 Å². The van der Waals surface area contributed by atoms with Gasteiger partial charge in [-0.15, -0.1) is 0 Å². The van der Waals surface area contributed by atoms with Crippen molar-refractivity contribution in [1.29, 1.82) is 0 Å². The summed E-state index contributed by atoms with van der Waals surface area (Å²) in [5.74, 6) is 1.20. The Kier molecular flexibility index (Phi) is 4.06. The molecular formula is C17H25N3. The van der Waals surface area contributed by atoms with Gasteiger partial charge in [-0.1, -0.05) is 49.1 Å². The number of aryl methyl sites for hydroxylation is 1. The van der Waals surface area contributed by atoms with Crippen LogP contribution in [0.25, 0.3) is 0 Å². The van der Waals surface area contributed by atoms with Gasteiger partial charge in [0, 0.05) is 13.1 Å². The Hall–Kier alpha value is -1.35. The second-order valence-electron chi connectivity index (χ2n) is 6.14. The zero-order chi connectivity index (χ0) is 13.8. The van der Waals surface area contributed by atoms with E-state index < -0.39 is 0 Å². The fraction of sp³-hybridized carbons (Fsp3) is 0.588. The second kappa shape index (κ2) is 5.96. The van der Waals surface area contributed by atoms with Crippen LogP contribution >= 0.6 is 0 Å². The predicted molar refractivity (Wildman–Crippen MR) is 84.1 cm³/mol. The van der Waals surface area contributed by atoms with Crippen LogP contribution in [0.2, 0.25) is 0 Å². The average molecular weight is 271 g/mol. The molecule has 0 bridgehead atoms. The van der Waals surface area contributed by atoms with Crippen LogP contribution in [0.3, 0.4) is 0 Å². The Morgan fingerprint density at radius 3 is 2.65 bits per heavy atom. The largest absolute Gasteiger partial charge is 0.368 e. The second-order valence-corrected chi connectivity index (χ2v) is 6.14. The summed E-state index contributed by atoms with van der Waals surface area (Å²) in [5, 5.41) is 7.34. The Balaban J connectivity index is 1.68. The fourth-order valence-corrected chi connectivity index (χ4v) is 3.38. The maximum absolute atomic E-state index is 4.78. The first-order valence-electron chi connectivity index (χ1n) is 7.88. The highest BCUT2D eigenvalue weighted by Crippen LogP contribution is 2.30. The third-order valence-electron chi connectivity index (χ3n) is 4.59. The summed E-state index contributed by atoms with van der Waals surface area (Å²) in [6, 6.07) is 8.75. The van der Waals surface area contributed by atoms with Gasteiger partial charge in [-0.25, -0.2) is 0 Å². The van der Waals surface area contributed by atoms with E-state index in [4.69, 9.17) is 4.99 Å². The highest BCUT2D eigenvalue weighted by atomic mass is 15.1. The lowest BCUT2D eigenvalue weighted by molar-refractivity contribution is 0.298. The summed E-state index contributed by atoms with van der Waals surface area (Å²) in [7, 11) is 0. The molecular weight excluding hydrogens is 246 g/mol. The number of hydrogen-bond acceptors (Lipinski definition) is 3. The molecule has 1 aliphatic heterocycles. The van der Waals surface area contributed by atoms with E-state index in [1.54, 1.807) is 0 Å². The van der Waals surface area contributed by atoms with E-state index in [2.05, 4.69) is 41.8 Å². The molecule has 0 saturated heterocycles. The molecule has 1 aromatic carbocycles. The van der Waals surface area contributed by atoms with Crippen molar-refractivity contribution < 1.29 is 0 Å². The quantitative estimate of drug-likeness (QED) is 0.868. The Morgan fingerprint density at radius 1 is 1.15 bits per heavy atom. The number of benzene rings is 1. The first-order valence-corrected chi connectivity index (χ1v) is 7.88. The Morgan fingerprint density at radius 2 is 1.90 bits per heavy atom. The minimum Gasteiger partial charge on any atom is -0.368 e. The maximum Gasteiger partial charge on any atom is 0.117 e. The molecule has 2 N–H and O–H groups in total. The minimum absolute atomic E-state index is 0.140. The fourth-order valence-electron chi connectivity index (χ4n) is 3.38. The summed E-state index contributed by atoms with van der Waals surface area (Å²) >= 11 is 0. The van der Waals surface area contributed by atoms with E-state index in [0.717, 1.165) is 19.6 Å². The van der Waals surface area contributed by atoms with Crippen molar-refractivity contribution in [3.05, 3.63) is 35.4 Å². The lowest BCUT2D eigenvalue weighted by atomic mass is 9.79. The molecule has 0 amide bonds. The van der Waals surface area contributed by atoms with Crippen LogP contribution in [-0.4, -0.2) is 24.5 Å². The van der Waals surface area contributed by atoms with Crippen molar-refractivity contribution in [3.63, 3.8) is 0 Å². The molecule has 1 heterocycles. The van der Waals surface area contributed by atoms with Crippen LogP contribution in [0.4, 0.5) is 0 Å². The van der Waals surface area contributed by atoms with Gasteiger partial charge in [-0.05, 0) is 25.3 Å². The summed E-state index contributed by atoms with van der Waals surface area (Å²) in [6.45, 7) is 4.93. The van der Waals surface area contributed by atoms with E-state index in [9.17, 15) is 0 Å². The number of amidine groups is 1. The van der Waals surface area contributed by atoms with Crippen LogP contribution < -0.4 is 10.6 Å². The van der Waals surface area contributed by atoms with Gasteiger partial charge in [0.1, 0.15) is 5.84 Å². The van der Waals surface area contributed by atoms with Crippen LogP contribution in [0.5, 0.6) is 0 Å². The molecule has 2 aliphatic rings. The molecule has 20 heavy (non-hydrogen) atoms. The molecule has 1 aliphatic carbocycles. The van der Waals surface area contributed by atoms with E-state index >= 15 is 0 Å². The van der Waals surface area contributed by atoms with Crippen LogP contribution in [0, 0.1) is 6.92 Å². The maximum atomic E-state index is 4.78. The lowest BCUT2D eigenvalue weighted by Crippen LogP contribution is -2.60. The zero-order valence-electron chi connectivity index (χ0n) is 12.4. The molecule has 0 atom stereocenters. The van der Waals surface area contributed by atoms with Gasteiger partial charge in [-0.2, -0.15) is 0 Å². The number of hydrogen-bond donors (Lipinski definition) is 2. The first-order chi connectivity index (χ1) is 9.78. The topological polar surface area (TPSA) is 36.4 Å². The average Bonchev–Trinajstić information content (AvgIpc) is 2.49. The highest BCUT2D eigenvalue weighted by molar-refractivity contribution is 5.92. The summed E-state index contributed by atoms with van der Waals surface area (Å²) in [6.07, 6.45) is 6.46. The number of nitrogens with one attached hydrogen (secondary N) is 2. The Labute approximate surface area is 121 Å². The monoisotopic (exact) mass is 271 g/mol. The summed E-state index contributed by atoms with van der Waals surface area (Å²) < 4.78 is 0. The molecule has 0 unspecified atom stereocenters. The van der Waals surface area contributed by atoms with Crippen molar-refractivity contribution in [2.24, 2.45) is 4.99 Å². The predicted octanol–water partition coefficient (Wildman–Crippen LogP) is 2.79. The van der Waals surface area contributed by atoms with Crippen LogP contribution in [-0.2, 0) is 6.54 Å². The molecule has 0 aromatic heterocycles. The third-order valence-corrected chi connectivity index (χ3v) is 4.59. The smallest absolute Gasteiger partial charge is 0.117 e. The molecule has 1 spiro atoms. The first kappa shape index (κ1) is 13.6. The van der Waals surface area contributed by atoms with Gasteiger partial charge < -0.3 is 10.6 Å². The number of rotatable bonds is 2. The van der Waals surface area contributed by atoms with E-state index in [0.29, 0.717) is 0 Å². The van der Waals surface area contributed by atoms with Gasteiger partial charge in [0.25, 0.3) is 0 Å². The summed E-state index contributed by atoms with van der Waals surface area (Å²) in [5.41, 5.74) is 2.78. The molecule has 3 heteroatoms. The van der Waals surface area contributed by atoms with Crippen molar-refractivity contribution >= 4 is 5.84 Å². The molecule has 3 rings (SSSR count). The van der Waals surface area contributed by atoms with Gasteiger partial charge in [-0.3, -0.25) is 4.99 Å². The lowest BCUT2D eigenvalue weighted by Gasteiger charge is -2.41. The standard InChI is InChI=1S/C17H25N3/c1-14-5-7-15(8-6-14)13-19-16-17(20-12-11-18-16)9-3-2-4-10-17/h5-8,20H,2-4,9-13H2,1H3,(H,18,19). The Bertz CT molecular complexity index is 470. The van der Waals surface area contributed by atoms with E-state index in [1.165, 1.54) is 49.1 Å². The van der Waals surface area contributed by atoms with Crippen molar-refractivity contribution in [2.75, 3.05) is 13.1 Å². The van der Waals surface area contributed by atoms with Crippen molar-refractivity contribution in [1.82, 2.24) is 10.6 Å². The van der Waals surface area contributed by atoms with Gasteiger partial charge in [0.05, 0.1) is 12.1 Å². The number of aliphatic imine (C=N–C) groups is 1. The van der Waals surface area contributed by atoms with E-state index in [-0.39, 0.29) is 5.54 Å². The molecule has 1 aromatic rings. The van der Waals surface area contributed by atoms with Gasteiger partial charge in [0.2, 0.25) is 0 Å². The van der Waals surface area contributed by atoms with E-state index in [1.807, 2.05) is 0 Å². The normalized spacial score (nSPS) is 21.6. The van der Waals surface area contributed by atoms with Crippen molar-refractivity contribution in [2.45, 2.75) is 51.1 Å². The highest BCUT2D eigenvalue weighted by Gasteiger charge is 2.38.